The van der Waals surface area contributed by atoms with Gasteiger partial charge in [0, 0.05) is 6.42 Å². The number of imide groups is 1. The van der Waals surface area contributed by atoms with Gasteiger partial charge in [-0.1, -0.05) is 67.6 Å². The lowest BCUT2D eigenvalue weighted by atomic mass is 9.97. The number of hydrogen-bond acceptors (Lipinski definition) is 2. The molecule has 1 atom stereocenters. The van der Waals surface area contributed by atoms with Crippen molar-refractivity contribution in [2.24, 2.45) is 5.73 Å². The Labute approximate surface area is 130 Å². The van der Waals surface area contributed by atoms with E-state index in [1.165, 1.54) is 0 Å². The molecular formula is C18H20N2O2. The van der Waals surface area contributed by atoms with Gasteiger partial charge in [0.1, 0.15) is 0 Å². The van der Waals surface area contributed by atoms with Gasteiger partial charge in [0.15, 0.2) is 0 Å². The van der Waals surface area contributed by atoms with Crippen molar-refractivity contribution in [2.45, 2.75) is 25.8 Å². The Balaban J connectivity index is 2.05. The number of urea groups is 1. The Kier molecular flexibility index (Phi) is 5.31. The van der Waals surface area contributed by atoms with Crippen LogP contribution in [0.25, 0.3) is 0 Å². The van der Waals surface area contributed by atoms with Gasteiger partial charge in [0.05, 0.1) is 6.54 Å². The van der Waals surface area contributed by atoms with Gasteiger partial charge in [-0.3, -0.25) is 9.69 Å². The van der Waals surface area contributed by atoms with Crippen molar-refractivity contribution in [3.8, 4) is 0 Å². The van der Waals surface area contributed by atoms with Crippen LogP contribution in [-0.2, 0) is 11.3 Å². The maximum atomic E-state index is 12.4. The normalized spacial score (nSPS) is 11.7. The molecule has 2 N–H and O–H groups in total. The van der Waals surface area contributed by atoms with Crippen molar-refractivity contribution in [1.29, 1.82) is 0 Å². The van der Waals surface area contributed by atoms with Crippen LogP contribution in [0.3, 0.4) is 0 Å². The van der Waals surface area contributed by atoms with Crippen molar-refractivity contribution in [3.05, 3.63) is 71.8 Å². The van der Waals surface area contributed by atoms with Crippen LogP contribution >= 0.6 is 0 Å². The van der Waals surface area contributed by atoms with E-state index < -0.39 is 6.03 Å². The van der Waals surface area contributed by atoms with Crippen molar-refractivity contribution >= 4 is 11.9 Å². The number of nitrogens with zero attached hydrogens (tertiary/aromatic N) is 1. The third-order valence-electron chi connectivity index (χ3n) is 3.60. The van der Waals surface area contributed by atoms with E-state index in [0.29, 0.717) is 0 Å². The second-order valence-corrected chi connectivity index (χ2v) is 5.32. The summed E-state index contributed by atoms with van der Waals surface area (Å²) in [5.74, 6) is -0.223. The highest BCUT2D eigenvalue weighted by molar-refractivity contribution is 5.93. The van der Waals surface area contributed by atoms with Crippen LogP contribution in [0.2, 0.25) is 0 Å². The summed E-state index contributed by atoms with van der Waals surface area (Å²) < 4.78 is 0. The number of carbonyl (C=O) groups is 2. The van der Waals surface area contributed by atoms with E-state index in [2.05, 4.69) is 0 Å². The van der Waals surface area contributed by atoms with Crippen molar-refractivity contribution in [3.63, 3.8) is 0 Å². The molecule has 0 spiro atoms. The standard InChI is InChI=1S/C18H20N2O2/c1-14(16-10-6-3-7-11-16)12-17(21)20(18(19)22)13-15-8-4-2-5-9-15/h2-11,14H,12-13H2,1H3,(H2,19,22). The largest absolute Gasteiger partial charge is 0.351 e. The second-order valence-electron chi connectivity index (χ2n) is 5.32. The van der Waals surface area contributed by atoms with Gasteiger partial charge in [0.25, 0.3) is 0 Å². The smallest absolute Gasteiger partial charge is 0.321 e. The Morgan fingerprint density at radius 3 is 2.09 bits per heavy atom. The van der Waals surface area contributed by atoms with Crippen LogP contribution in [0, 0.1) is 0 Å². The molecule has 4 nitrogen and oxygen atoms in total. The van der Waals surface area contributed by atoms with Crippen LogP contribution in [0.5, 0.6) is 0 Å². The molecule has 2 rings (SSSR count). The van der Waals surface area contributed by atoms with Crippen LogP contribution < -0.4 is 5.73 Å². The van der Waals surface area contributed by atoms with E-state index in [-0.39, 0.29) is 24.8 Å². The summed E-state index contributed by atoms with van der Waals surface area (Å²) in [5, 5.41) is 0. The third-order valence-corrected chi connectivity index (χ3v) is 3.60. The summed E-state index contributed by atoms with van der Waals surface area (Å²) in [6, 6.07) is 18.4. The summed E-state index contributed by atoms with van der Waals surface area (Å²) in [5.41, 5.74) is 7.31. The number of rotatable bonds is 5. The third kappa shape index (κ3) is 4.19. The Bertz CT molecular complexity index is 626. The molecule has 4 heteroatoms. The van der Waals surface area contributed by atoms with Crippen LogP contribution in [0.4, 0.5) is 4.79 Å². The highest BCUT2D eigenvalue weighted by Gasteiger charge is 2.21. The first kappa shape index (κ1) is 15.8. The van der Waals surface area contributed by atoms with Gasteiger partial charge in [-0.05, 0) is 17.0 Å². The van der Waals surface area contributed by atoms with E-state index in [1.54, 1.807) is 0 Å². The molecule has 1 unspecified atom stereocenters. The molecule has 0 saturated carbocycles. The molecule has 0 aliphatic carbocycles. The molecule has 0 aromatic heterocycles. The van der Waals surface area contributed by atoms with Crippen LogP contribution in [0.15, 0.2) is 60.7 Å². The first-order valence-electron chi connectivity index (χ1n) is 7.26. The Morgan fingerprint density at radius 1 is 1.00 bits per heavy atom. The van der Waals surface area contributed by atoms with E-state index in [1.807, 2.05) is 67.6 Å². The van der Waals surface area contributed by atoms with E-state index in [4.69, 9.17) is 5.73 Å². The number of hydrogen-bond donors (Lipinski definition) is 1. The molecule has 0 aliphatic rings. The maximum absolute atomic E-state index is 12.4. The lowest BCUT2D eigenvalue weighted by Gasteiger charge is -2.21. The fraction of sp³-hybridized carbons (Fsp3) is 0.222. The number of nitrogens with two attached hydrogens (primary N) is 1. The average Bonchev–Trinajstić information content (AvgIpc) is 2.54. The summed E-state index contributed by atoms with van der Waals surface area (Å²) in [6.07, 6.45) is 0.250. The lowest BCUT2D eigenvalue weighted by Crippen LogP contribution is -2.40. The van der Waals surface area contributed by atoms with Gasteiger partial charge in [0.2, 0.25) is 5.91 Å². The van der Waals surface area contributed by atoms with Gasteiger partial charge < -0.3 is 5.73 Å². The van der Waals surface area contributed by atoms with Crippen LogP contribution in [0.1, 0.15) is 30.4 Å². The highest BCUT2D eigenvalue weighted by atomic mass is 16.2. The quantitative estimate of drug-likeness (QED) is 0.920. The summed E-state index contributed by atoms with van der Waals surface area (Å²) in [7, 11) is 0. The fourth-order valence-electron chi connectivity index (χ4n) is 2.33. The van der Waals surface area contributed by atoms with Gasteiger partial charge >= 0.3 is 6.03 Å². The number of benzene rings is 2. The lowest BCUT2D eigenvalue weighted by molar-refractivity contribution is -0.128. The SMILES string of the molecule is CC(CC(=O)N(Cc1ccccc1)C(N)=O)c1ccccc1. The van der Waals surface area contributed by atoms with Crippen LogP contribution in [-0.4, -0.2) is 16.8 Å². The van der Waals surface area contributed by atoms with Crippen molar-refractivity contribution < 1.29 is 9.59 Å². The highest BCUT2D eigenvalue weighted by Crippen LogP contribution is 2.20. The number of carbonyl (C=O) groups excluding carboxylic acids is 2. The number of amides is 3. The monoisotopic (exact) mass is 296 g/mol. The molecule has 0 fully saturated rings. The first-order chi connectivity index (χ1) is 10.6. The number of primary amides is 1. The summed E-state index contributed by atoms with van der Waals surface area (Å²) in [4.78, 5) is 25.1. The van der Waals surface area contributed by atoms with E-state index >= 15 is 0 Å². The summed E-state index contributed by atoms with van der Waals surface area (Å²) in [6.45, 7) is 2.17. The molecule has 0 radical (unpaired) electrons. The molecule has 3 amide bonds. The fourth-order valence-corrected chi connectivity index (χ4v) is 2.33. The Morgan fingerprint density at radius 2 is 1.55 bits per heavy atom. The zero-order valence-electron chi connectivity index (χ0n) is 12.6. The van der Waals surface area contributed by atoms with Gasteiger partial charge in [-0.25, -0.2) is 4.79 Å². The van der Waals surface area contributed by atoms with Crippen molar-refractivity contribution in [2.75, 3.05) is 0 Å². The molecule has 22 heavy (non-hydrogen) atoms. The maximum Gasteiger partial charge on any atom is 0.321 e. The van der Waals surface area contributed by atoms with Gasteiger partial charge in [-0.2, -0.15) is 0 Å². The summed E-state index contributed by atoms with van der Waals surface area (Å²) >= 11 is 0. The molecule has 0 saturated heterocycles. The predicted molar refractivity (Wildman–Crippen MR) is 86.0 cm³/mol. The molecule has 0 aliphatic heterocycles. The molecule has 0 heterocycles. The molecular weight excluding hydrogens is 276 g/mol. The zero-order chi connectivity index (χ0) is 15.9. The van der Waals surface area contributed by atoms with E-state index in [9.17, 15) is 9.59 Å². The molecule has 114 valence electrons. The first-order valence-corrected chi connectivity index (χ1v) is 7.26. The van der Waals surface area contributed by atoms with Gasteiger partial charge in [-0.15, -0.1) is 0 Å². The van der Waals surface area contributed by atoms with Crippen molar-refractivity contribution in [1.82, 2.24) is 4.90 Å². The minimum absolute atomic E-state index is 0.0336. The molecule has 2 aromatic rings. The zero-order valence-corrected chi connectivity index (χ0v) is 12.6. The molecule has 2 aromatic carbocycles. The Hall–Kier alpha value is -2.62. The van der Waals surface area contributed by atoms with E-state index in [0.717, 1.165) is 16.0 Å². The topological polar surface area (TPSA) is 63.4 Å². The second kappa shape index (κ2) is 7.41. The predicted octanol–water partition coefficient (Wildman–Crippen LogP) is 3.29. The minimum Gasteiger partial charge on any atom is -0.351 e. The average molecular weight is 296 g/mol. The minimum atomic E-state index is -0.714. The molecule has 0 bridgehead atoms.